The van der Waals surface area contributed by atoms with Crippen molar-refractivity contribution >= 4 is 16.9 Å². The molecule has 3 rings (SSSR count). The number of aromatic nitrogens is 1. The normalized spacial score (nSPS) is 14.1. The van der Waals surface area contributed by atoms with E-state index in [1.165, 1.54) is 6.07 Å². The van der Waals surface area contributed by atoms with Crippen LogP contribution in [0.4, 0.5) is 4.39 Å². The van der Waals surface area contributed by atoms with Gasteiger partial charge in [-0.1, -0.05) is 30.3 Å². The number of benzene rings is 2. The summed E-state index contributed by atoms with van der Waals surface area (Å²) >= 11 is 0. The van der Waals surface area contributed by atoms with E-state index in [1.807, 2.05) is 43.5 Å². The lowest BCUT2D eigenvalue weighted by atomic mass is 9.96. The Kier molecular flexibility index (Phi) is 6.31. The minimum Gasteiger partial charge on any atom is -0.384 e. The Morgan fingerprint density at radius 3 is 2.71 bits per heavy atom. The van der Waals surface area contributed by atoms with Crippen LogP contribution in [0.15, 0.2) is 59.7 Å². The lowest BCUT2D eigenvalue weighted by Crippen LogP contribution is -2.39. The average molecular weight is 382 g/mol. The minimum absolute atomic E-state index is 0.237. The van der Waals surface area contributed by atoms with Crippen LogP contribution < -0.4 is 10.6 Å². The fourth-order valence-corrected chi connectivity index (χ4v) is 3.14. The molecular weight excluding hydrogens is 355 g/mol. The van der Waals surface area contributed by atoms with Crippen LogP contribution in [0.25, 0.3) is 10.9 Å². The summed E-state index contributed by atoms with van der Waals surface area (Å²) in [6, 6.07) is 14.3. The molecule has 0 saturated carbocycles. The molecule has 2 aromatic carbocycles. The van der Waals surface area contributed by atoms with Gasteiger partial charge in [0.05, 0.1) is 6.54 Å². The highest BCUT2D eigenvalue weighted by Gasteiger charge is 2.22. The first-order valence-corrected chi connectivity index (χ1v) is 9.55. The van der Waals surface area contributed by atoms with Gasteiger partial charge >= 0.3 is 0 Å². The third-order valence-electron chi connectivity index (χ3n) is 4.70. The van der Waals surface area contributed by atoms with Crippen LogP contribution in [0, 0.1) is 5.82 Å². The highest BCUT2D eigenvalue weighted by Crippen LogP contribution is 2.21. The molecule has 0 aliphatic heterocycles. The quantitative estimate of drug-likeness (QED) is 0.374. The van der Waals surface area contributed by atoms with E-state index in [4.69, 9.17) is 0 Å². The second-order valence-electron chi connectivity index (χ2n) is 7.02. The Morgan fingerprint density at radius 2 is 1.96 bits per heavy atom. The number of nitrogens with one attached hydrogen (secondary N) is 3. The first-order valence-electron chi connectivity index (χ1n) is 9.55. The van der Waals surface area contributed by atoms with Crippen molar-refractivity contribution in [3.63, 3.8) is 0 Å². The number of fused-ring (bicyclic) bond motifs is 1. The van der Waals surface area contributed by atoms with Crippen LogP contribution in [0.1, 0.15) is 25.0 Å². The highest BCUT2D eigenvalue weighted by atomic mass is 19.1. The Labute approximate surface area is 164 Å². The van der Waals surface area contributed by atoms with E-state index in [-0.39, 0.29) is 12.4 Å². The van der Waals surface area contributed by atoms with Crippen molar-refractivity contribution in [3.8, 4) is 0 Å². The van der Waals surface area contributed by atoms with Gasteiger partial charge < -0.3 is 20.7 Å². The maximum absolute atomic E-state index is 13.5. The third kappa shape index (κ3) is 4.89. The predicted octanol–water partition coefficient (Wildman–Crippen LogP) is 3.31. The maximum Gasteiger partial charge on any atom is 0.191 e. The van der Waals surface area contributed by atoms with Gasteiger partial charge in [-0.05, 0) is 49.6 Å². The fraction of sp³-hybridized carbons (Fsp3) is 0.318. The average Bonchev–Trinajstić information content (AvgIpc) is 3.09. The van der Waals surface area contributed by atoms with Crippen molar-refractivity contribution < 1.29 is 9.50 Å². The number of nitrogens with zero attached hydrogens (tertiary/aromatic N) is 1. The number of halogens is 1. The second-order valence-corrected chi connectivity index (χ2v) is 7.02. The summed E-state index contributed by atoms with van der Waals surface area (Å²) in [4.78, 5) is 7.70. The van der Waals surface area contributed by atoms with Crippen LogP contribution in [-0.4, -0.2) is 35.7 Å². The molecule has 0 saturated heterocycles. The van der Waals surface area contributed by atoms with Crippen LogP contribution in [0.2, 0.25) is 0 Å². The molecule has 0 spiro atoms. The first-order chi connectivity index (χ1) is 13.5. The lowest BCUT2D eigenvalue weighted by Gasteiger charge is -2.22. The molecule has 28 heavy (non-hydrogen) atoms. The molecule has 0 fully saturated rings. The summed E-state index contributed by atoms with van der Waals surface area (Å²) in [6.45, 7) is 5.36. The van der Waals surface area contributed by atoms with E-state index < -0.39 is 5.60 Å². The molecule has 1 aromatic heterocycles. The number of guanidine groups is 1. The number of aliphatic hydroxyl groups is 1. The summed E-state index contributed by atoms with van der Waals surface area (Å²) in [7, 11) is 0. The van der Waals surface area contributed by atoms with E-state index in [1.54, 1.807) is 19.1 Å². The van der Waals surface area contributed by atoms with Crippen molar-refractivity contribution in [2.75, 3.05) is 19.6 Å². The third-order valence-corrected chi connectivity index (χ3v) is 4.70. The number of hydrogen-bond donors (Lipinski definition) is 4. The zero-order valence-corrected chi connectivity index (χ0v) is 16.3. The van der Waals surface area contributed by atoms with Crippen molar-refractivity contribution in [3.05, 3.63) is 71.7 Å². The highest BCUT2D eigenvalue weighted by molar-refractivity contribution is 5.83. The monoisotopic (exact) mass is 382 g/mol. The van der Waals surface area contributed by atoms with E-state index in [0.29, 0.717) is 12.5 Å². The van der Waals surface area contributed by atoms with E-state index in [2.05, 4.69) is 20.6 Å². The Morgan fingerprint density at radius 1 is 1.18 bits per heavy atom. The fourth-order valence-electron chi connectivity index (χ4n) is 3.14. The number of aliphatic imine (C=N–C) groups is 1. The minimum atomic E-state index is -1.04. The molecule has 6 heteroatoms. The summed E-state index contributed by atoms with van der Waals surface area (Å²) in [5.41, 5.74) is 1.76. The molecule has 0 bridgehead atoms. The van der Waals surface area contributed by atoms with Gasteiger partial charge in [0.2, 0.25) is 0 Å². The van der Waals surface area contributed by atoms with Gasteiger partial charge in [-0.2, -0.15) is 0 Å². The zero-order valence-electron chi connectivity index (χ0n) is 16.3. The van der Waals surface area contributed by atoms with E-state index in [0.717, 1.165) is 35.0 Å². The summed E-state index contributed by atoms with van der Waals surface area (Å²) in [5.74, 6) is 0.407. The van der Waals surface area contributed by atoms with Crippen molar-refractivity contribution in [1.82, 2.24) is 15.6 Å². The van der Waals surface area contributed by atoms with Gasteiger partial charge in [-0.15, -0.1) is 0 Å². The smallest absolute Gasteiger partial charge is 0.191 e. The molecule has 0 amide bonds. The summed E-state index contributed by atoms with van der Waals surface area (Å²) < 4.78 is 13.5. The topological polar surface area (TPSA) is 72.4 Å². The summed E-state index contributed by atoms with van der Waals surface area (Å²) in [5, 5.41) is 18.1. The second kappa shape index (κ2) is 8.89. The van der Waals surface area contributed by atoms with E-state index in [9.17, 15) is 9.50 Å². The van der Waals surface area contributed by atoms with Gasteiger partial charge in [0.1, 0.15) is 11.4 Å². The van der Waals surface area contributed by atoms with Gasteiger partial charge in [0.15, 0.2) is 5.96 Å². The zero-order chi connectivity index (χ0) is 20.0. The van der Waals surface area contributed by atoms with Crippen molar-refractivity contribution in [1.29, 1.82) is 0 Å². The van der Waals surface area contributed by atoms with Crippen molar-refractivity contribution in [2.24, 2.45) is 4.99 Å². The van der Waals surface area contributed by atoms with Gasteiger partial charge in [-0.3, -0.25) is 0 Å². The SMILES string of the molecule is CCNC(=NCC(C)(O)c1ccccc1)NCCc1c[nH]c2ccc(F)cc12. The van der Waals surface area contributed by atoms with Gasteiger partial charge in [0.25, 0.3) is 0 Å². The molecule has 0 aliphatic carbocycles. The molecule has 1 heterocycles. The van der Waals surface area contributed by atoms with E-state index >= 15 is 0 Å². The molecule has 0 radical (unpaired) electrons. The first kappa shape index (κ1) is 19.9. The molecule has 148 valence electrons. The van der Waals surface area contributed by atoms with Crippen molar-refractivity contribution in [2.45, 2.75) is 25.9 Å². The number of H-pyrrole nitrogens is 1. The molecular formula is C22H27FN4O. The molecule has 1 atom stereocenters. The van der Waals surface area contributed by atoms with Crippen LogP contribution in [0.5, 0.6) is 0 Å². The standard InChI is InChI=1S/C22H27FN4O/c1-3-24-21(27-15-22(2,28)17-7-5-4-6-8-17)25-12-11-16-14-26-20-10-9-18(23)13-19(16)20/h4-10,13-14,26,28H,3,11-12,15H2,1-2H3,(H2,24,25,27). The number of hydrogen-bond acceptors (Lipinski definition) is 2. The Hall–Kier alpha value is -2.86. The Bertz CT molecular complexity index is 934. The molecule has 0 aliphatic rings. The van der Waals surface area contributed by atoms with Crippen LogP contribution in [0.3, 0.4) is 0 Å². The maximum atomic E-state index is 13.5. The van der Waals surface area contributed by atoms with Gasteiger partial charge in [0, 0.05) is 30.2 Å². The predicted molar refractivity (Wildman–Crippen MR) is 112 cm³/mol. The molecule has 4 N–H and O–H groups in total. The summed E-state index contributed by atoms with van der Waals surface area (Å²) in [6.07, 6.45) is 2.64. The Balaban J connectivity index is 1.62. The molecule has 1 unspecified atom stereocenters. The molecule has 5 nitrogen and oxygen atoms in total. The van der Waals surface area contributed by atoms with Gasteiger partial charge in [-0.25, -0.2) is 9.38 Å². The van der Waals surface area contributed by atoms with Crippen LogP contribution in [-0.2, 0) is 12.0 Å². The largest absolute Gasteiger partial charge is 0.384 e. The lowest BCUT2D eigenvalue weighted by molar-refractivity contribution is 0.0672. The number of rotatable bonds is 7. The molecule has 3 aromatic rings. The number of aromatic amines is 1. The van der Waals surface area contributed by atoms with Crippen LogP contribution >= 0.6 is 0 Å².